The van der Waals surface area contributed by atoms with Gasteiger partial charge in [-0.05, 0) is 31.6 Å². The summed E-state index contributed by atoms with van der Waals surface area (Å²) in [6.45, 7) is 4.17. The van der Waals surface area contributed by atoms with E-state index in [-0.39, 0.29) is 17.7 Å². The molecule has 104 valence electrons. The summed E-state index contributed by atoms with van der Waals surface area (Å²) in [5.74, 6) is -0.742. The van der Waals surface area contributed by atoms with Crippen LogP contribution in [0, 0.1) is 5.41 Å². The molecule has 0 aromatic rings. The van der Waals surface area contributed by atoms with Crippen LogP contribution >= 0.6 is 0 Å². The molecule has 1 aliphatic carbocycles. The van der Waals surface area contributed by atoms with Crippen molar-refractivity contribution in [2.45, 2.75) is 44.8 Å². The number of rotatable bonds is 8. The summed E-state index contributed by atoms with van der Waals surface area (Å²) in [5, 5.41) is 10.9. The van der Waals surface area contributed by atoms with Gasteiger partial charge >= 0.3 is 5.97 Å². The van der Waals surface area contributed by atoms with Crippen LogP contribution in [0.4, 0.5) is 0 Å². The lowest BCUT2D eigenvalue weighted by atomic mass is 10.1. The summed E-state index contributed by atoms with van der Waals surface area (Å²) in [6, 6.07) is 0. The molecule has 6 heteroatoms. The third kappa shape index (κ3) is 4.40. The van der Waals surface area contributed by atoms with E-state index in [1.54, 1.807) is 6.92 Å². The zero-order chi connectivity index (χ0) is 13.8. The zero-order valence-electron chi connectivity index (χ0n) is 10.9. The minimum Gasteiger partial charge on any atom is -0.481 e. The standard InChI is InChI=1S/C12H21NO4S/c1-3-6-13-11(16)9(2)18(17)8-12(4-5-12)7-10(14)15/h9H,3-8H2,1-2H3,(H,13,16)(H,14,15). The molecule has 1 aliphatic rings. The monoisotopic (exact) mass is 275 g/mol. The Bertz CT molecular complexity index is 352. The molecule has 2 unspecified atom stereocenters. The number of carbonyl (C=O) groups excluding carboxylic acids is 1. The summed E-state index contributed by atoms with van der Waals surface area (Å²) in [4.78, 5) is 22.4. The Morgan fingerprint density at radius 2 is 2.06 bits per heavy atom. The molecule has 1 rings (SSSR count). The molecule has 0 aliphatic heterocycles. The average molecular weight is 275 g/mol. The van der Waals surface area contributed by atoms with Gasteiger partial charge in [-0.1, -0.05) is 6.92 Å². The highest BCUT2D eigenvalue weighted by atomic mass is 32.2. The highest BCUT2D eigenvalue weighted by Gasteiger charge is 2.46. The number of carboxylic acids is 1. The highest BCUT2D eigenvalue weighted by Crippen LogP contribution is 2.49. The Morgan fingerprint density at radius 1 is 1.44 bits per heavy atom. The molecule has 0 spiro atoms. The van der Waals surface area contributed by atoms with E-state index in [9.17, 15) is 13.8 Å². The Balaban J connectivity index is 2.45. The van der Waals surface area contributed by atoms with Crippen LogP contribution in [-0.4, -0.2) is 38.7 Å². The van der Waals surface area contributed by atoms with Crippen LogP contribution in [0.3, 0.4) is 0 Å². The number of hydrogen-bond acceptors (Lipinski definition) is 3. The number of carboxylic acid groups (broad SMARTS) is 1. The Hall–Kier alpha value is -0.910. The molecule has 1 fully saturated rings. The molecule has 18 heavy (non-hydrogen) atoms. The molecule has 0 saturated heterocycles. The first-order valence-electron chi connectivity index (χ1n) is 6.27. The molecule has 2 N–H and O–H groups in total. The Morgan fingerprint density at radius 3 is 2.50 bits per heavy atom. The lowest BCUT2D eigenvalue weighted by Gasteiger charge is -2.16. The second-order valence-electron chi connectivity index (χ2n) is 5.03. The van der Waals surface area contributed by atoms with Crippen LogP contribution in [0.2, 0.25) is 0 Å². The summed E-state index contributed by atoms with van der Waals surface area (Å²) in [5.41, 5.74) is -0.323. The molecular formula is C12H21NO4S. The summed E-state index contributed by atoms with van der Waals surface area (Å²) in [6.07, 6.45) is 2.50. The zero-order valence-corrected chi connectivity index (χ0v) is 11.7. The van der Waals surface area contributed by atoms with E-state index in [0.29, 0.717) is 12.3 Å². The van der Waals surface area contributed by atoms with Crippen LogP contribution < -0.4 is 5.32 Å². The van der Waals surface area contributed by atoms with Gasteiger partial charge in [0.2, 0.25) is 5.91 Å². The summed E-state index contributed by atoms with van der Waals surface area (Å²) >= 11 is 0. The minimum atomic E-state index is -1.30. The van der Waals surface area contributed by atoms with E-state index in [1.165, 1.54) is 0 Å². The fraction of sp³-hybridized carbons (Fsp3) is 0.833. The van der Waals surface area contributed by atoms with E-state index >= 15 is 0 Å². The Labute approximate surface area is 110 Å². The van der Waals surface area contributed by atoms with Gasteiger partial charge in [0.25, 0.3) is 0 Å². The molecule has 0 aromatic carbocycles. The van der Waals surface area contributed by atoms with Crippen molar-refractivity contribution in [3.05, 3.63) is 0 Å². The number of hydrogen-bond donors (Lipinski definition) is 2. The largest absolute Gasteiger partial charge is 0.481 e. The molecule has 5 nitrogen and oxygen atoms in total. The van der Waals surface area contributed by atoms with E-state index in [4.69, 9.17) is 5.11 Å². The van der Waals surface area contributed by atoms with Crippen molar-refractivity contribution in [3.8, 4) is 0 Å². The number of carbonyl (C=O) groups is 2. The van der Waals surface area contributed by atoms with Crippen molar-refractivity contribution in [2.24, 2.45) is 5.41 Å². The molecule has 0 radical (unpaired) electrons. The highest BCUT2D eigenvalue weighted by molar-refractivity contribution is 7.86. The van der Waals surface area contributed by atoms with Crippen molar-refractivity contribution in [2.75, 3.05) is 12.3 Å². The van der Waals surface area contributed by atoms with Gasteiger partial charge < -0.3 is 10.4 Å². The summed E-state index contributed by atoms with van der Waals surface area (Å²) < 4.78 is 12.0. The van der Waals surface area contributed by atoms with Gasteiger partial charge in [0.05, 0.1) is 6.42 Å². The van der Waals surface area contributed by atoms with Gasteiger partial charge in [-0.15, -0.1) is 0 Å². The third-order valence-electron chi connectivity index (χ3n) is 3.24. The molecule has 0 heterocycles. The van der Waals surface area contributed by atoms with Crippen LogP contribution in [0.1, 0.15) is 39.5 Å². The lowest BCUT2D eigenvalue weighted by Crippen LogP contribution is -2.37. The number of aliphatic carboxylic acids is 1. The molecule has 1 saturated carbocycles. The molecular weight excluding hydrogens is 254 g/mol. The second kappa shape index (κ2) is 6.31. The maximum absolute atomic E-state index is 12.0. The van der Waals surface area contributed by atoms with Crippen LogP contribution in [0.5, 0.6) is 0 Å². The van der Waals surface area contributed by atoms with Gasteiger partial charge in [-0.2, -0.15) is 0 Å². The van der Waals surface area contributed by atoms with Crippen LogP contribution in [-0.2, 0) is 20.4 Å². The van der Waals surface area contributed by atoms with Crippen LogP contribution in [0.15, 0.2) is 0 Å². The summed E-state index contributed by atoms with van der Waals surface area (Å²) in [7, 11) is -1.30. The second-order valence-corrected chi connectivity index (χ2v) is 6.79. The van der Waals surface area contributed by atoms with Crippen molar-refractivity contribution < 1.29 is 18.9 Å². The first kappa shape index (κ1) is 15.1. The molecule has 2 atom stereocenters. The SMILES string of the molecule is CCCNC(=O)C(C)S(=O)CC1(CC(=O)O)CC1. The maximum Gasteiger partial charge on any atom is 0.303 e. The van der Waals surface area contributed by atoms with E-state index in [0.717, 1.165) is 19.3 Å². The average Bonchev–Trinajstić information content (AvgIpc) is 3.03. The molecule has 0 bridgehead atoms. The van der Waals surface area contributed by atoms with Gasteiger partial charge in [-0.3, -0.25) is 13.8 Å². The quantitative estimate of drug-likeness (QED) is 0.689. The van der Waals surface area contributed by atoms with E-state index < -0.39 is 22.0 Å². The number of amides is 1. The van der Waals surface area contributed by atoms with Crippen molar-refractivity contribution in [1.29, 1.82) is 0 Å². The van der Waals surface area contributed by atoms with E-state index in [1.807, 2.05) is 6.92 Å². The Kier molecular flexibility index (Phi) is 5.31. The smallest absolute Gasteiger partial charge is 0.303 e. The van der Waals surface area contributed by atoms with Crippen molar-refractivity contribution in [3.63, 3.8) is 0 Å². The molecule has 1 amide bonds. The maximum atomic E-state index is 12.0. The molecule has 0 aromatic heterocycles. The van der Waals surface area contributed by atoms with Crippen molar-refractivity contribution in [1.82, 2.24) is 5.32 Å². The van der Waals surface area contributed by atoms with Gasteiger partial charge in [-0.25, -0.2) is 0 Å². The van der Waals surface area contributed by atoms with Crippen molar-refractivity contribution >= 4 is 22.7 Å². The van der Waals surface area contributed by atoms with E-state index in [2.05, 4.69) is 5.32 Å². The predicted octanol–water partition coefficient (Wildman–Crippen LogP) is 0.905. The third-order valence-corrected chi connectivity index (χ3v) is 5.14. The predicted molar refractivity (Wildman–Crippen MR) is 69.7 cm³/mol. The number of nitrogens with one attached hydrogen (secondary N) is 1. The van der Waals surface area contributed by atoms with Gasteiger partial charge in [0.1, 0.15) is 5.25 Å². The van der Waals surface area contributed by atoms with Crippen LogP contribution in [0.25, 0.3) is 0 Å². The topological polar surface area (TPSA) is 83.5 Å². The van der Waals surface area contributed by atoms with Gasteiger partial charge in [0, 0.05) is 23.1 Å². The minimum absolute atomic E-state index is 0.0576. The first-order chi connectivity index (χ1) is 8.40. The first-order valence-corrected chi connectivity index (χ1v) is 7.65. The van der Waals surface area contributed by atoms with Gasteiger partial charge in [0.15, 0.2) is 0 Å². The lowest BCUT2D eigenvalue weighted by molar-refractivity contribution is -0.138. The normalized spacial score (nSPS) is 19.9. The fourth-order valence-electron chi connectivity index (χ4n) is 1.81. The fourth-order valence-corrected chi connectivity index (χ4v) is 3.37.